The first-order valence-electron chi connectivity index (χ1n) is 2.96. The van der Waals surface area contributed by atoms with Crippen molar-refractivity contribution < 1.29 is 0 Å². The molecule has 1 rings (SSSR count). The second-order valence-electron chi connectivity index (χ2n) is 1.99. The number of aromatic nitrogens is 1. The van der Waals surface area contributed by atoms with Crippen LogP contribution in [0.15, 0.2) is 0 Å². The van der Waals surface area contributed by atoms with Crippen LogP contribution in [-0.4, -0.2) is 4.98 Å². The predicted octanol–water partition coefficient (Wildman–Crippen LogP) is 2.14. The first kappa shape index (κ1) is 6.75. The molecule has 2 heteroatoms. The minimum absolute atomic E-state index is 0.816. The molecule has 0 aliphatic heterocycles. The Labute approximate surface area is 59.8 Å². The first-order valence-corrected chi connectivity index (χ1v) is 3.78. The van der Waals surface area contributed by atoms with Crippen LogP contribution in [0.2, 0.25) is 0 Å². The normalized spacial score (nSPS) is 10.1. The van der Waals surface area contributed by atoms with Gasteiger partial charge in [-0.15, -0.1) is 11.3 Å². The van der Waals surface area contributed by atoms with Crippen LogP contribution in [0.4, 0.5) is 0 Å². The van der Waals surface area contributed by atoms with Crippen molar-refractivity contribution in [3.63, 3.8) is 0 Å². The van der Waals surface area contributed by atoms with Crippen molar-refractivity contribution in [1.29, 1.82) is 0 Å². The van der Waals surface area contributed by atoms with Gasteiger partial charge in [-0.25, -0.2) is 4.98 Å². The summed E-state index contributed by atoms with van der Waals surface area (Å²) in [5.41, 5.74) is 1.15. The Kier molecular flexibility index (Phi) is 1.86. The molecule has 0 saturated heterocycles. The van der Waals surface area contributed by atoms with Crippen LogP contribution in [0.25, 0.3) is 0 Å². The Balaban J connectivity index is 3.01. The molecule has 1 aromatic heterocycles. The second-order valence-corrected chi connectivity index (χ2v) is 3.39. The molecule has 1 radical (unpaired) electrons. The van der Waals surface area contributed by atoms with Gasteiger partial charge in [0.2, 0.25) is 0 Å². The molecule has 0 unspecified atom stereocenters. The molecule has 49 valence electrons. The maximum atomic E-state index is 4.28. The second kappa shape index (κ2) is 2.48. The van der Waals surface area contributed by atoms with E-state index in [4.69, 9.17) is 0 Å². The molecule has 1 heterocycles. The van der Waals surface area contributed by atoms with E-state index >= 15 is 0 Å². The van der Waals surface area contributed by atoms with E-state index in [1.54, 1.807) is 11.3 Å². The van der Waals surface area contributed by atoms with Crippen molar-refractivity contribution in [2.75, 3.05) is 0 Å². The van der Waals surface area contributed by atoms with Gasteiger partial charge >= 0.3 is 0 Å². The lowest BCUT2D eigenvalue weighted by atomic mass is 10.3. The highest BCUT2D eigenvalue weighted by Gasteiger charge is 1.99. The van der Waals surface area contributed by atoms with E-state index in [0.29, 0.717) is 0 Å². The molecule has 0 aliphatic rings. The van der Waals surface area contributed by atoms with E-state index in [2.05, 4.69) is 18.8 Å². The molecule has 0 amide bonds. The molecule has 0 saturated carbocycles. The van der Waals surface area contributed by atoms with Crippen molar-refractivity contribution in [1.82, 2.24) is 4.98 Å². The van der Waals surface area contributed by atoms with E-state index in [1.165, 1.54) is 4.88 Å². The van der Waals surface area contributed by atoms with Gasteiger partial charge in [-0.1, -0.05) is 0 Å². The van der Waals surface area contributed by atoms with E-state index < -0.39 is 0 Å². The molecule has 0 spiro atoms. The lowest BCUT2D eigenvalue weighted by Gasteiger charge is -1.85. The SMILES string of the molecule is [CH2]Cc1nc(C)sc1C. The number of thiazole rings is 1. The zero-order chi connectivity index (χ0) is 6.85. The third-order valence-electron chi connectivity index (χ3n) is 1.24. The van der Waals surface area contributed by atoms with E-state index in [-0.39, 0.29) is 0 Å². The van der Waals surface area contributed by atoms with Crippen LogP contribution in [0.1, 0.15) is 15.6 Å². The molecular weight excluding hydrogens is 130 g/mol. The summed E-state index contributed by atoms with van der Waals surface area (Å²) in [5, 5.41) is 1.14. The number of nitrogens with zero attached hydrogens (tertiary/aromatic N) is 1. The minimum atomic E-state index is 0.816. The highest BCUT2D eigenvalue weighted by Crippen LogP contribution is 2.15. The molecule has 0 bridgehead atoms. The quantitative estimate of drug-likeness (QED) is 0.582. The Bertz CT molecular complexity index is 203. The average molecular weight is 140 g/mol. The molecule has 0 fully saturated rings. The van der Waals surface area contributed by atoms with Crippen LogP contribution in [0.3, 0.4) is 0 Å². The van der Waals surface area contributed by atoms with Gasteiger partial charge in [0, 0.05) is 4.88 Å². The largest absolute Gasteiger partial charge is 0.246 e. The summed E-state index contributed by atoms with van der Waals surface area (Å²) in [6, 6.07) is 0. The average Bonchev–Trinajstić information content (AvgIpc) is 2.10. The fourth-order valence-electron chi connectivity index (χ4n) is 0.804. The highest BCUT2D eigenvalue weighted by atomic mass is 32.1. The van der Waals surface area contributed by atoms with Crippen LogP contribution < -0.4 is 0 Å². The number of rotatable bonds is 1. The van der Waals surface area contributed by atoms with Crippen molar-refractivity contribution in [2.45, 2.75) is 20.3 Å². The van der Waals surface area contributed by atoms with Crippen molar-refractivity contribution in [3.8, 4) is 0 Å². The molecule has 0 N–H and O–H groups in total. The van der Waals surface area contributed by atoms with Crippen molar-refractivity contribution in [2.24, 2.45) is 0 Å². The zero-order valence-electron chi connectivity index (χ0n) is 5.77. The molecular formula is C7H10NS. The molecule has 9 heavy (non-hydrogen) atoms. The summed E-state index contributed by atoms with van der Waals surface area (Å²) >= 11 is 1.74. The third kappa shape index (κ3) is 1.30. The standard InChI is InChI=1S/C7H10NS/c1-4-7-5(2)9-6(3)8-7/h1,4H2,2-3H3. The van der Waals surface area contributed by atoms with Gasteiger partial charge in [0.05, 0.1) is 10.7 Å². The third-order valence-corrected chi connectivity index (χ3v) is 2.16. The van der Waals surface area contributed by atoms with Crippen molar-refractivity contribution in [3.05, 3.63) is 22.5 Å². The Hall–Kier alpha value is -0.370. The smallest absolute Gasteiger partial charge is 0.0900 e. The number of hydrogen-bond acceptors (Lipinski definition) is 2. The molecule has 1 nitrogen and oxygen atoms in total. The monoisotopic (exact) mass is 140 g/mol. The van der Waals surface area contributed by atoms with Gasteiger partial charge in [0.15, 0.2) is 0 Å². The lowest BCUT2D eigenvalue weighted by Crippen LogP contribution is -1.81. The van der Waals surface area contributed by atoms with Crippen LogP contribution in [0, 0.1) is 20.8 Å². The topological polar surface area (TPSA) is 12.9 Å². The fraction of sp³-hybridized carbons (Fsp3) is 0.429. The predicted molar refractivity (Wildman–Crippen MR) is 40.6 cm³/mol. The summed E-state index contributed by atoms with van der Waals surface area (Å²) < 4.78 is 0. The van der Waals surface area contributed by atoms with E-state index in [0.717, 1.165) is 17.1 Å². The van der Waals surface area contributed by atoms with E-state index in [9.17, 15) is 0 Å². The lowest BCUT2D eigenvalue weighted by molar-refractivity contribution is 1.10. The van der Waals surface area contributed by atoms with Gasteiger partial charge in [0.1, 0.15) is 0 Å². The molecule has 0 aliphatic carbocycles. The van der Waals surface area contributed by atoms with Crippen LogP contribution >= 0.6 is 11.3 Å². The Morgan fingerprint density at radius 1 is 1.56 bits per heavy atom. The van der Waals surface area contributed by atoms with Gasteiger partial charge in [-0.2, -0.15) is 0 Å². The maximum absolute atomic E-state index is 4.28. The summed E-state index contributed by atoms with van der Waals surface area (Å²) in [6.45, 7) is 7.89. The first-order chi connectivity index (χ1) is 4.24. The summed E-state index contributed by atoms with van der Waals surface area (Å²) in [4.78, 5) is 5.59. The highest BCUT2D eigenvalue weighted by molar-refractivity contribution is 7.11. The van der Waals surface area contributed by atoms with Gasteiger partial charge in [0.25, 0.3) is 0 Å². The number of aryl methyl sites for hydroxylation is 2. The summed E-state index contributed by atoms with van der Waals surface area (Å²) in [7, 11) is 0. The van der Waals surface area contributed by atoms with Crippen LogP contribution in [0.5, 0.6) is 0 Å². The van der Waals surface area contributed by atoms with Gasteiger partial charge < -0.3 is 0 Å². The molecule has 1 aromatic rings. The minimum Gasteiger partial charge on any atom is -0.246 e. The molecule has 0 atom stereocenters. The maximum Gasteiger partial charge on any atom is 0.0900 e. The molecule has 0 aromatic carbocycles. The van der Waals surface area contributed by atoms with Gasteiger partial charge in [-0.05, 0) is 27.2 Å². The Morgan fingerprint density at radius 3 is 2.44 bits per heavy atom. The van der Waals surface area contributed by atoms with Gasteiger partial charge in [-0.3, -0.25) is 0 Å². The zero-order valence-corrected chi connectivity index (χ0v) is 6.59. The van der Waals surface area contributed by atoms with E-state index in [1.807, 2.05) is 6.92 Å². The van der Waals surface area contributed by atoms with Crippen molar-refractivity contribution >= 4 is 11.3 Å². The Morgan fingerprint density at radius 2 is 2.22 bits per heavy atom. The summed E-state index contributed by atoms with van der Waals surface area (Å²) in [6.07, 6.45) is 0.816. The van der Waals surface area contributed by atoms with Crippen LogP contribution in [-0.2, 0) is 6.42 Å². The fourth-order valence-corrected chi connectivity index (χ4v) is 1.67. The number of hydrogen-bond donors (Lipinski definition) is 0. The summed E-state index contributed by atoms with van der Waals surface area (Å²) in [5.74, 6) is 0.